The highest BCUT2D eigenvalue weighted by atomic mass is 16.3. The van der Waals surface area contributed by atoms with E-state index in [9.17, 15) is 0 Å². The second kappa shape index (κ2) is 11.2. The summed E-state index contributed by atoms with van der Waals surface area (Å²) in [5.41, 5.74) is 8.04. The Kier molecular flexibility index (Phi) is 6.18. The van der Waals surface area contributed by atoms with Crippen molar-refractivity contribution in [1.82, 2.24) is 15.0 Å². The number of furan rings is 2. The molecule has 0 aliphatic carbocycles. The molecule has 0 fully saturated rings. The third-order valence-electron chi connectivity index (χ3n) is 10.1. The number of rotatable bonds is 4. The molecule has 11 aromatic rings. The molecule has 8 aromatic carbocycles. The maximum absolute atomic E-state index is 6.83. The van der Waals surface area contributed by atoms with Gasteiger partial charge >= 0.3 is 0 Å². The molecule has 0 aliphatic heterocycles. The van der Waals surface area contributed by atoms with Crippen molar-refractivity contribution in [3.63, 3.8) is 0 Å². The smallest absolute Gasteiger partial charge is 0.164 e. The first-order valence-corrected chi connectivity index (χ1v) is 17.4. The molecule has 0 saturated heterocycles. The van der Waals surface area contributed by atoms with E-state index in [-0.39, 0.29) is 0 Å². The number of hydrogen-bond donors (Lipinski definition) is 0. The summed E-state index contributed by atoms with van der Waals surface area (Å²) in [6.07, 6.45) is 0. The van der Waals surface area contributed by atoms with Crippen LogP contribution in [0.5, 0.6) is 0 Å². The van der Waals surface area contributed by atoms with Crippen LogP contribution in [0.25, 0.3) is 111 Å². The van der Waals surface area contributed by atoms with Gasteiger partial charge in [0.15, 0.2) is 17.5 Å². The van der Waals surface area contributed by atoms with Gasteiger partial charge in [-0.2, -0.15) is 0 Å². The van der Waals surface area contributed by atoms with Gasteiger partial charge in [-0.3, -0.25) is 0 Å². The van der Waals surface area contributed by atoms with Crippen LogP contribution in [0.2, 0.25) is 0 Å². The first kappa shape index (κ1) is 28.7. The van der Waals surface area contributed by atoms with E-state index in [4.69, 9.17) is 23.8 Å². The second-order valence-corrected chi connectivity index (χ2v) is 13.1. The van der Waals surface area contributed by atoms with Crippen molar-refractivity contribution in [2.75, 3.05) is 0 Å². The molecule has 0 spiro atoms. The summed E-state index contributed by atoms with van der Waals surface area (Å²) >= 11 is 0. The molecule has 11 rings (SSSR count). The third-order valence-corrected chi connectivity index (χ3v) is 10.1. The molecule has 0 atom stereocenters. The molecule has 5 heteroatoms. The predicted octanol–water partition coefficient (Wildman–Crippen LogP) is 12.6. The van der Waals surface area contributed by atoms with Crippen LogP contribution in [-0.2, 0) is 0 Å². The van der Waals surface area contributed by atoms with Crippen LogP contribution < -0.4 is 0 Å². The SMILES string of the molecule is c1ccc(-c2nc(-c3ccc4ccccc4c3)nc(-c3ccc(-c4cc5ccccc5c5oc6ccccc6c45)c4oc5ccccc5c34)n2)cc1. The summed E-state index contributed by atoms with van der Waals surface area (Å²) in [6.45, 7) is 0. The molecule has 0 N–H and O–H groups in total. The van der Waals surface area contributed by atoms with Crippen molar-refractivity contribution < 1.29 is 8.83 Å². The van der Waals surface area contributed by atoms with Gasteiger partial charge in [0.25, 0.3) is 0 Å². The Balaban J connectivity index is 1.21. The van der Waals surface area contributed by atoms with E-state index in [0.29, 0.717) is 17.5 Å². The first-order valence-electron chi connectivity index (χ1n) is 17.4. The Morgan fingerprint density at radius 1 is 0.327 bits per heavy atom. The average Bonchev–Trinajstić information content (AvgIpc) is 3.80. The normalized spacial score (nSPS) is 11.8. The summed E-state index contributed by atoms with van der Waals surface area (Å²) in [7, 11) is 0. The quantitative estimate of drug-likeness (QED) is 0.187. The number of nitrogens with zero attached hydrogens (tertiary/aromatic N) is 3. The Morgan fingerprint density at radius 2 is 0.885 bits per heavy atom. The number of fused-ring (bicyclic) bond motifs is 9. The lowest BCUT2D eigenvalue weighted by molar-refractivity contribution is 0.670. The van der Waals surface area contributed by atoms with Crippen molar-refractivity contribution in [2.24, 2.45) is 0 Å². The van der Waals surface area contributed by atoms with Crippen LogP contribution in [0.3, 0.4) is 0 Å². The number of hydrogen-bond acceptors (Lipinski definition) is 5. The van der Waals surface area contributed by atoms with Crippen molar-refractivity contribution in [2.45, 2.75) is 0 Å². The lowest BCUT2D eigenvalue weighted by Gasteiger charge is -2.12. The molecule has 242 valence electrons. The lowest BCUT2D eigenvalue weighted by Crippen LogP contribution is -2.00. The van der Waals surface area contributed by atoms with Crippen LogP contribution in [0.1, 0.15) is 0 Å². The van der Waals surface area contributed by atoms with Crippen LogP contribution in [0.15, 0.2) is 173 Å². The number of benzene rings is 8. The van der Waals surface area contributed by atoms with Gasteiger partial charge in [-0.05, 0) is 58.1 Å². The van der Waals surface area contributed by atoms with Gasteiger partial charge in [0.05, 0.1) is 0 Å². The summed E-state index contributed by atoms with van der Waals surface area (Å²) in [5.74, 6) is 1.80. The molecule has 5 nitrogen and oxygen atoms in total. The largest absolute Gasteiger partial charge is 0.455 e. The van der Waals surface area contributed by atoms with Crippen molar-refractivity contribution >= 4 is 65.4 Å². The van der Waals surface area contributed by atoms with E-state index in [1.807, 2.05) is 54.6 Å². The van der Waals surface area contributed by atoms with E-state index < -0.39 is 0 Å². The molecule has 0 saturated carbocycles. The van der Waals surface area contributed by atoms with Crippen LogP contribution in [-0.4, -0.2) is 15.0 Å². The zero-order valence-electron chi connectivity index (χ0n) is 27.7. The Morgan fingerprint density at radius 3 is 1.65 bits per heavy atom. The van der Waals surface area contributed by atoms with E-state index >= 15 is 0 Å². The van der Waals surface area contributed by atoms with Gasteiger partial charge in [-0.1, -0.05) is 127 Å². The molecular formula is C47H27N3O2. The van der Waals surface area contributed by atoms with Gasteiger partial charge in [0.2, 0.25) is 0 Å². The van der Waals surface area contributed by atoms with Gasteiger partial charge in [-0.15, -0.1) is 0 Å². The zero-order valence-corrected chi connectivity index (χ0v) is 27.7. The van der Waals surface area contributed by atoms with E-state index in [2.05, 4.69) is 109 Å². The van der Waals surface area contributed by atoms with Gasteiger partial charge < -0.3 is 8.83 Å². The molecule has 0 bridgehead atoms. The Bertz CT molecular complexity index is 3190. The minimum Gasteiger partial charge on any atom is -0.455 e. The van der Waals surface area contributed by atoms with Crippen molar-refractivity contribution in [3.8, 4) is 45.3 Å². The van der Waals surface area contributed by atoms with Crippen molar-refractivity contribution in [1.29, 1.82) is 0 Å². The highest BCUT2D eigenvalue weighted by molar-refractivity contribution is 6.24. The summed E-state index contributed by atoms with van der Waals surface area (Å²) < 4.78 is 13.4. The fourth-order valence-electron chi connectivity index (χ4n) is 7.67. The van der Waals surface area contributed by atoms with Gasteiger partial charge in [0, 0.05) is 49.2 Å². The minimum atomic E-state index is 0.581. The van der Waals surface area contributed by atoms with Crippen LogP contribution in [0, 0.1) is 0 Å². The second-order valence-electron chi connectivity index (χ2n) is 13.1. The molecule has 0 unspecified atom stereocenters. The fraction of sp³-hybridized carbons (Fsp3) is 0. The van der Waals surface area contributed by atoms with Crippen LogP contribution in [0.4, 0.5) is 0 Å². The maximum Gasteiger partial charge on any atom is 0.164 e. The van der Waals surface area contributed by atoms with Crippen LogP contribution >= 0.6 is 0 Å². The fourth-order valence-corrected chi connectivity index (χ4v) is 7.67. The predicted molar refractivity (Wildman–Crippen MR) is 211 cm³/mol. The molecule has 3 heterocycles. The monoisotopic (exact) mass is 665 g/mol. The molecule has 3 aromatic heterocycles. The zero-order chi connectivity index (χ0) is 34.2. The topological polar surface area (TPSA) is 65.0 Å². The minimum absolute atomic E-state index is 0.581. The molecule has 52 heavy (non-hydrogen) atoms. The molecule has 0 aliphatic rings. The highest BCUT2D eigenvalue weighted by Crippen LogP contribution is 2.46. The lowest BCUT2D eigenvalue weighted by atomic mass is 9.92. The van der Waals surface area contributed by atoms with Crippen molar-refractivity contribution in [3.05, 3.63) is 164 Å². The maximum atomic E-state index is 6.83. The van der Waals surface area contributed by atoms with E-state index in [1.165, 1.54) is 5.39 Å². The Hall–Kier alpha value is -7.11. The van der Waals surface area contributed by atoms with Gasteiger partial charge in [-0.25, -0.2) is 15.0 Å². The molecule has 0 amide bonds. The van der Waals surface area contributed by atoms with E-state index in [0.717, 1.165) is 87.9 Å². The summed E-state index contributed by atoms with van der Waals surface area (Å²) in [4.78, 5) is 15.4. The summed E-state index contributed by atoms with van der Waals surface area (Å²) in [5, 5.41) is 8.56. The standard InChI is InChI=1S/C47H27N3O2/c1-2-13-29(14-3-1)45-48-46(32-23-22-28-12-4-5-15-30(28)26-32)50-47(49-45)37-25-24-34(44-41(37)35-18-8-10-20-39(35)52-44)38-27-31-16-6-7-17-33(31)43-42(38)36-19-9-11-21-40(36)51-43/h1-27H. The van der Waals surface area contributed by atoms with Gasteiger partial charge in [0.1, 0.15) is 22.3 Å². The first-order chi connectivity index (χ1) is 25.8. The highest BCUT2D eigenvalue weighted by Gasteiger charge is 2.23. The Labute approximate surface area is 297 Å². The average molecular weight is 666 g/mol. The molecule has 0 radical (unpaired) electrons. The number of aromatic nitrogens is 3. The van der Waals surface area contributed by atoms with E-state index in [1.54, 1.807) is 0 Å². The third kappa shape index (κ3) is 4.39. The number of para-hydroxylation sites is 2. The molecular weight excluding hydrogens is 639 g/mol. The summed E-state index contributed by atoms with van der Waals surface area (Å²) in [6, 6.07) is 56.2.